The number of carbonyl (C=O) groups excluding carboxylic acids is 6. The molecule has 1 aliphatic heterocycles. The molecule has 5 amide bonds. The number of likely N-dealkylation sites (tertiary alicyclic amines) is 1. The minimum Gasteiger partial charge on any atom is -0.508 e. The molecule has 1 fully saturated rings. The summed E-state index contributed by atoms with van der Waals surface area (Å²) in [6, 6.07) is 3.93. The zero-order valence-electron chi connectivity index (χ0n) is 39.1. The van der Waals surface area contributed by atoms with Gasteiger partial charge in [-0.15, -0.1) is 11.3 Å². The Kier molecular flexibility index (Phi) is 24.5. The van der Waals surface area contributed by atoms with Gasteiger partial charge in [0, 0.05) is 47.7 Å². The summed E-state index contributed by atoms with van der Waals surface area (Å²) in [5.41, 5.74) is 5.46. The van der Waals surface area contributed by atoms with E-state index in [0.717, 1.165) is 42.0 Å². The van der Waals surface area contributed by atoms with Gasteiger partial charge >= 0.3 is 12.1 Å². The van der Waals surface area contributed by atoms with Crippen LogP contribution in [0, 0.1) is 17.8 Å². The molecule has 364 valence electrons. The molecule has 1 aromatic carbocycles. The highest BCUT2D eigenvalue weighted by Gasteiger charge is 2.39. The van der Waals surface area contributed by atoms with Gasteiger partial charge in [-0.3, -0.25) is 34.3 Å². The van der Waals surface area contributed by atoms with Crippen molar-refractivity contribution in [1.82, 2.24) is 36.3 Å². The lowest BCUT2D eigenvalue weighted by molar-refractivity contribution is -0.159. The van der Waals surface area contributed by atoms with E-state index in [1.165, 1.54) is 22.4 Å². The number of hydrogen-bond donors (Lipinski definition) is 6. The summed E-state index contributed by atoms with van der Waals surface area (Å²) in [5, 5.41) is 29.3. The van der Waals surface area contributed by atoms with E-state index in [9.17, 15) is 39.0 Å². The number of carbonyl (C=O) groups is 6. The van der Waals surface area contributed by atoms with Crippen LogP contribution in [0.5, 0.6) is 5.75 Å². The number of ether oxygens (including phenoxy) is 2. The van der Waals surface area contributed by atoms with E-state index in [4.69, 9.17) is 9.47 Å². The van der Waals surface area contributed by atoms with Crippen LogP contribution in [-0.4, -0.2) is 123 Å². The quantitative estimate of drug-likeness (QED) is 0.0210. The molecule has 1 aromatic heterocycles. The second kappa shape index (κ2) is 28.8. The standard InChI is InChI=1S/C45H71N7O10S3/c1-9-14-38(55)62-27-52(44(59)39(29(6)10-2)48-42(58)35-15-12-13-20-51(35)8)36(28(4)5)25-37(54)43-47-34(26-63-43)41(57)46-32(24-31-16-18-33(53)19-17-31)23-30(7)40(56)49-50-45(60)61-21-22-65-64-11-3/h16-19,26,28-30,32,35-37,39,53-54H,9-15,20-25,27H2,1-8H3,(H,46,57)(H,48,58)(H,49,56)(H,50,60)/t29?,30-,32+,35+,36+,37+,39-/m0/s1. The lowest BCUT2D eigenvalue weighted by Crippen LogP contribution is -2.59. The number of phenolic OH excluding ortho intramolecular Hbond substituents is 1. The number of nitrogens with one attached hydrogen (secondary N) is 4. The van der Waals surface area contributed by atoms with Crippen molar-refractivity contribution >= 4 is 68.6 Å². The van der Waals surface area contributed by atoms with Gasteiger partial charge in [0.25, 0.3) is 5.91 Å². The summed E-state index contributed by atoms with van der Waals surface area (Å²) >= 11 is 1.07. The van der Waals surface area contributed by atoms with Gasteiger partial charge < -0.3 is 35.2 Å². The molecule has 2 heterocycles. The number of likely N-dealkylation sites (N-methyl/N-ethyl adjacent to an activating group) is 1. The van der Waals surface area contributed by atoms with Crippen LogP contribution < -0.4 is 21.5 Å². The average Bonchev–Trinajstić information content (AvgIpc) is 3.78. The van der Waals surface area contributed by atoms with Crippen LogP contribution in [0.15, 0.2) is 29.6 Å². The number of hydrogen-bond acceptors (Lipinski definition) is 15. The number of esters is 1. The Morgan fingerprint density at radius 1 is 0.969 bits per heavy atom. The number of thiazole rings is 1. The molecule has 2 aromatic rings. The number of aliphatic hydroxyl groups excluding tert-OH is 1. The number of piperidine rings is 1. The molecule has 0 saturated carbocycles. The van der Waals surface area contributed by atoms with E-state index in [0.29, 0.717) is 31.4 Å². The predicted molar refractivity (Wildman–Crippen MR) is 255 cm³/mol. The summed E-state index contributed by atoms with van der Waals surface area (Å²) in [6.07, 6.45) is 2.32. The molecule has 1 unspecified atom stereocenters. The molecule has 17 nitrogen and oxygen atoms in total. The third-order valence-corrected chi connectivity index (χ3v) is 14.7. The lowest BCUT2D eigenvalue weighted by Gasteiger charge is -2.39. The molecule has 1 saturated heterocycles. The zero-order valence-corrected chi connectivity index (χ0v) is 41.6. The number of aromatic nitrogens is 1. The minimum atomic E-state index is -1.23. The molecule has 0 spiro atoms. The van der Waals surface area contributed by atoms with Crippen molar-refractivity contribution in [2.45, 2.75) is 137 Å². The molecule has 65 heavy (non-hydrogen) atoms. The Balaban J connectivity index is 1.79. The fraction of sp³-hybridized carbons (Fsp3) is 0.667. The van der Waals surface area contributed by atoms with Gasteiger partial charge in [-0.1, -0.05) is 95.0 Å². The molecule has 6 N–H and O–H groups in total. The fourth-order valence-corrected chi connectivity index (χ4v) is 9.67. The molecule has 7 atom stereocenters. The first-order valence-electron chi connectivity index (χ1n) is 22.6. The van der Waals surface area contributed by atoms with E-state index in [2.05, 4.69) is 26.5 Å². The van der Waals surface area contributed by atoms with Crippen molar-refractivity contribution in [2.75, 3.05) is 38.4 Å². The third-order valence-electron chi connectivity index (χ3n) is 11.4. The molecule has 0 bridgehead atoms. The Hall–Kier alpha value is -4.11. The number of rotatable bonds is 26. The smallest absolute Gasteiger partial charge is 0.426 e. The monoisotopic (exact) mass is 965 g/mol. The summed E-state index contributed by atoms with van der Waals surface area (Å²) in [4.78, 5) is 87.9. The highest BCUT2D eigenvalue weighted by atomic mass is 33.1. The van der Waals surface area contributed by atoms with Crippen LogP contribution in [0.3, 0.4) is 0 Å². The van der Waals surface area contributed by atoms with E-state index in [1.807, 2.05) is 53.5 Å². The van der Waals surface area contributed by atoms with Gasteiger partial charge in [-0.05, 0) is 75.2 Å². The summed E-state index contributed by atoms with van der Waals surface area (Å²) in [5.74, 6) is -1.74. The Labute approximate surface area is 396 Å². The second-order valence-electron chi connectivity index (χ2n) is 16.9. The Morgan fingerprint density at radius 3 is 2.34 bits per heavy atom. The molecule has 1 aliphatic rings. The molecule has 0 aliphatic carbocycles. The van der Waals surface area contributed by atoms with Crippen LogP contribution in [0.25, 0.3) is 0 Å². The van der Waals surface area contributed by atoms with Crippen molar-refractivity contribution in [3.05, 3.63) is 45.9 Å². The number of amides is 5. The number of phenols is 1. The topological polar surface area (TPSA) is 229 Å². The van der Waals surface area contributed by atoms with Crippen molar-refractivity contribution in [3.63, 3.8) is 0 Å². The first kappa shape index (κ1) is 55.2. The normalized spacial score (nSPS) is 16.9. The summed E-state index contributed by atoms with van der Waals surface area (Å²) < 4.78 is 10.7. The molecular weight excluding hydrogens is 895 g/mol. The van der Waals surface area contributed by atoms with Gasteiger partial charge in [0.1, 0.15) is 35.2 Å². The van der Waals surface area contributed by atoms with Crippen molar-refractivity contribution in [1.29, 1.82) is 0 Å². The Morgan fingerprint density at radius 2 is 1.69 bits per heavy atom. The molecule has 20 heteroatoms. The van der Waals surface area contributed by atoms with Crippen molar-refractivity contribution in [3.8, 4) is 5.75 Å². The van der Waals surface area contributed by atoms with Crippen LogP contribution in [0.4, 0.5) is 4.79 Å². The van der Waals surface area contributed by atoms with Crippen molar-refractivity contribution in [2.24, 2.45) is 17.8 Å². The maximum Gasteiger partial charge on any atom is 0.426 e. The van der Waals surface area contributed by atoms with Gasteiger partial charge in [0.05, 0.1) is 6.04 Å². The van der Waals surface area contributed by atoms with Gasteiger partial charge in [0.15, 0.2) is 6.73 Å². The zero-order chi connectivity index (χ0) is 48.1. The first-order chi connectivity index (χ1) is 31.0. The van der Waals surface area contributed by atoms with Crippen LogP contribution in [0.2, 0.25) is 0 Å². The minimum absolute atomic E-state index is 0.00951. The highest BCUT2D eigenvalue weighted by Crippen LogP contribution is 2.29. The number of hydrazine groups is 1. The van der Waals surface area contributed by atoms with Crippen molar-refractivity contribution < 1.29 is 48.5 Å². The number of aromatic hydroxyl groups is 1. The maximum absolute atomic E-state index is 14.7. The maximum atomic E-state index is 14.7. The summed E-state index contributed by atoms with van der Waals surface area (Å²) in [6.45, 7) is 13.7. The predicted octanol–water partition coefficient (Wildman–Crippen LogP) is 5.97. The van der Waals surface area contributed by atoms with Gasteiger partial charge in [0.2, 0.25) is 17.7 Å². The van der Waals surface area contributed by atoms with E-state index in [-0.39, 0.29) is 72.8 Å². The highest BCUT2D eigenvalue weighted by molar-refractivity contribution is 8.76. The Bertz CT molecular complexity index is 1820. The SMILES string of the molecule is CCCC(=O)OCN(C(=O)[C@@H](NC(=O)[C@H]1CCCCN1C)C(C)CC)[C@H](C[C@@H](O)c1nc(C(=O)N[C@@H](Cc2ccc(O)cc2)C[C@H](C)C(=O)NNC(=O)OCCSSCC)cs1)C(C)C. The molecule has 0 radical (unpaired) electrons. The van der Waals surface area contributed by atoms with Gasteiger partial charge in [-0.2, -0.15) is 0 Å². The van der Waals surface area contributed by atoms with Crippen LogP contribution in [-0.2, 0) is 35.1 Å². The number of benzene rings is 1. The number of nitrogens with zero attached hydrogens (tertiary/aromatic N) is 3. The summed E-state index contributed by atoms with van der Waals surface area (Å²) in [7, 11) is 5.13. The molecule has 3 rings (SSSR count). The largest absolute Gasteiger partial charge is 0.508 e. The number of aliphatic hydroxyl groups is 1. The van der Waals surface area contributed by atoms with Crippen LogP contribution in [0.1, 0.15) is 127 Å². The van der Waals surface area contributed by atoms with E-state index < -0.39 is 59.9 Å². The molecular formula is C45H71N7O10S3. The fourth-order valence-electron chi connectivity index (χ4n) is 7.38. The van der Waals surface area contributed by atoms with E-state index >= 15 is 0 Å². The van der Waals surface area contributed by atoms with Gasteiger partial charge in [-0.25, -0.2) is 15.2 Å². The third kappa shape index (κ3) is 18.6. The van der Waals surface area contributed by atoms with Crippen LogP contribution >= 0.6 is 32.9 Å². The second-order valence-corrected chi connectivity index (χ2v) is 20.6. The first-order valence-corrected chi connectivity index (χ1v) is 26.0. The van der Waals surface area contributed by atoms with E-state index in [1.54, 1.807) is 40.6 Å². The lowest BCUT2D eigenvalue weighted by atomic mass is 9.92. The average molecular weight is 966 g/mol.